The van der Waals surface area contributed by atoms with E-state index in [2.05, 4.69) is 5.32 Å². The topological polar surface area (TPSA) is 145 Å². The molecule has 0 aromatic carbocycles. The van der Waals surface area contributed by atoms with Crippen molar-refractivity contribution in [1.29, 1.82) is 5.41 Å². The molecule has 9 heteroatoms. The SMILES string of the molecule is CO[C@@]12C(COC(N)=O)C3=C(C(=O)C(C)C(=N)C3=O)N1C[C@@H]1N[C@@H]12. The van der Waals surface area contributed by atoms with Crippen LogP contribution < -0.4 is 11.1 Å². The fraction of sp³-hybridized carbons (Fsp3) is 0.600. The first-order valence-electron chi connectivity index (χ1n) is 7.77. The molecule has 4 N–H and O–H groups in total. The van der Waals surface area contributed by atoms with E-state index in [4.69, 9.17) is 20.6 Å². The van der Waals surface area contributed by atoms with E-state index in [1.165, 1.54) is 7.11 Å². The monoisotopic (exact) mass is 334 g/mol. The van der Waals surface area contributed by atoms with Crippen molar-refractivity contribution in [3.63, 3.8) is 0 Å². The third-order valence-corrected chi connectivity index (χ3v) is 5.57. The summed E-state index contributed by atoms with van der Waals surface area (Å²) in [6.07, 6.45) is -0.960. The molecule has 2 fully saturated rings. The molecule has 5 atom stereocenters. The predicted molar refractivity (Wildman–Crippen MR) is 80.1 cm³/mol. The molecule has 3 heterocycles. The molecular weight excluding hydrogens is 316 g/mol. The van der Waals surface area contributed by atoms with Gasteiger partial charge in [-0.15, -0.1) is 0 Å². The Morgan fingerprint density at radius 3 is 2.83 bits per heavy atom. The lowest BCUT2D eigenvalue weighted by atomic mass is 9.79. The Balaban J connectivity index is 1.85. The molecule has 1 aliphatic carbocycles. The average Bonchev–Trinajstić information content (AvgIpc) is 3.16. The second-order valence-electron chi connectivity index (χ2n) is 6.59. The van der Waals surface area contributed by atoms with Gasteiger partial charge in [-0.25, -0.2) is 4.79 Å². The van der Waals surface area contributed by atoms with Crippen molar-refractivity contribution in [1.82, 2.24) is 10.2 Å². The zero-order valence-corrected chi connectivity index (χ0v) is 13.3. The van der Waals surface area contributed by atoms with Crippen LogP contribution in [-0.4, -0.2) is 66.3 Å². The predicted octanol–water partition coefficient (Wildman–Crippen LogP) is -1.23. The van der Waals surface area contributed by atoms with Crippen LogP contribution in [-0.2, 0) is 19.1 Å². The van der Waals surface area contributed by atoms with E-state index >= 15 is 0 Å². The molecular formula is C15H18N4O5. The Kier molecular flexibility index (Phi) is 2.95. The number of amides is 1. The van der Waals surface area contributed by atoms with Gasteiger partial charge in [0.1, 0.15) is 6.61 Å². The Morgan fingerprint density at radius 2 is 2.21 bits per heavy atom. The molecule has 4 aliphatic rings. The van der Waals surface area contributed by atoms with Gasteiger partial charge in [0.2, 0.25) is 5.78 Å². The zero-order chi connectivity index (χ0) is 17.4. The van der Waals surface area contributed by atoms with Gasteiger partial charge in [0.05, 0.1) is 29.3 Å². The standard InChI is InChI=1S/C15H18N4O5/c1-5-9(16)12(21)8-6(4-24-14(17)22)15(23-2)13-7(18-13)3-19(15)10(8)11(5)20/h5-7,13,16,18H,3-4H2,1-2H3,(H2,17,22)/t5?,6?,7-,13-,15+/m0/s1. The van der Waals surface area contributed by atoms with Crippen molar-refractivity contribution in [2.45, 2.75) is 24.7 Å². The summed E-state index contributed by atoms with van der Waals surface area (Å²) in [5.74, 6) is -2.21. The van der Waals surface area contributed by atoms with Crippen LogP contribution in [0, 0.1) is 17.2 Å². The van der Waals surface area contributed by atoms with Crippen LogP contribution >= 0.6 is 0 Å². The highest BCUT2D eigenvalue weighted by molar-refractivity contribution is 6.52. The number of nitrogens with zero attached hydrogens (tertiary/aromatic N) is 1. The first-order valence-corrected chi connectivity index (χ1v) is 7.77. The van der Waals surface area contributed by atoms with Gasteiger partial charge in [-0.1, -0.05) is 0 Å². The van der Waals surface area contributed by atoms with E-state index in [1.54, 1.807) is 6.92 Å². The van der Waals surface area contributed by atoms with Crippen LogP contribution in [0.4, 0.5) is 4.79 Å². The summed E-state index contributed by atoms with van der Waals surface area (Å²) < 4.78 is 10.8. The van der Waals surface area contributed by atoms with E-state index in [0.717, 1.165) is 0 Å². The number of Topliss-reactive ketones (excluding diaryl/α,β-unsaturated/α-hetero) is 2. The maximum absolute atomic E-state index is 12.8. The first kappa shape index (κ1) is 15.3. The smallest absolute Gasteiger partial charge is 0.404 e. The average molecular weight is 334 g/mol. The van der Waals surface area contributed by atoms with Gasteiger partial charge in [0.25, 0.3) is 0 Å². The third-order valence-electron chi connectivity index (χ3n) is 5.57. The number of methoxy groups -OCH3 is 1. The summed E-state index contributed by atoms with van der Waals surface area (Å²) >= 11 is 0. The molecule has 0 spiro atoms. The molecule has 24 heavy (non-hydrogen) atoms. The maximum Gasteiger partial charge on any atom is 0.404 e. The molecule has 0 saturated carbocycles. The lowest BCUT2D eigenvalue weighted by molar-refractivity contribution is -0.138. The third kappa shape index (κ3) is 1.60. The number of nitrogens with one attached hydrogen (secondary N) is 2. The first-order chi connectivity index (χ1) is 11.3. The van der Waals surface area contributed by atoms with E-state index in [0.29, 0.717) is 12.2 Å². The van der Waals surface area contributed by atoms with Crippen LogP contribution in [0.1, 0.15) is 6.92 Å². The molecule has 2 unspecified atom stereocenters. The number of hydrogen-bond acceptors (Lipinski definition) is 8. The highest BCUT2D eigenvalue weighted by atomic mass is 16.6. The number of carbonyl (C=O) groups is 3. The molecule has 1 amide bonds. The van der Waals surface area contributed by atoms with Crippen molar-refractivity contribution in [3.05, 3.63) is 11.3 Å². The number of ether oxygens (including phenoxy) is 2. The van der Waals surface area contributed by atoms with Crippen molar-refractivity contribution in [2.24, 2.45) is 17.6 Å². The molecule has 2 saturated heterocycles. The number of allylic oxidation sites excluding steroid dienone is 1. The summed E-state index contributed by atoms with van der Waals surface area (Å²) in [5.41, 5.74) is 4.37. The fourth-order valence-corrected chi connectivity index (χ4v) is 4.39. The number of ketones is 2. The van der Waals surface area contributed by atoms with E-state index in [1.807, 2.05) is 4.90 Å². The largest absolute Gasteiger partial charge is 0.449 e. The van der Waals surface area contributed by atoms with E-state index in [-0.39, 0.29) is 35.8 Å². The van der Waals surface area contributed by atoms with Crippen molar-refractivity contribution in [3.8, 4) is 0 Å². The number of carbonyl (C=O) groups excluding carboxylic acids is 3. The van der Waals surface area contributed by atoms with Gasteiger partial charge >= 0.3 is 6.09 Å². The van der Waals surface area contributed by atoms with Crippen molar-refractivity contribution < 1.29 is 23.9 Å². The lowest BCUT2D eigenvalue weighted by Crippen LogP contribution is -2.55. The molecule has 9 nitrogen and oxygen atoms in total. The van der Waals surface area contributed by atoms with Gasteiger partial charge in [-0.05, 0) is 6.92 Å². The maximum atomic E-state index is 12.8. The molecule has 4 rings (SSSR count). The zero-order valence-electron chi connectivity index (χ0n) is 13.3. The van der Waals surface area contributed by atoms with Gasteiger partial charge in [0, 0.05) is 25.3 Å². The highest BCUT2D eigenvalue weighted by Crippen LogP contribution is 2.55. The van der Waals surface area contributed by atoms with Crippen LogP contribution in [0.25, 0.3) is 0 Å². The second-order valence-corrected chi connectivity index (χ2v) is 6.59. The molecule has 0 aromatic rings. The Morgan fingerprint density at radius 1 is 1.50 bits per heavy atom. The van der Waals surface area contributed by atoms with Crippen LogP contribution in [0.5, 0.6) is 0 Å². The Bertz CT molecular complexity index is 731. The lowest BCUT2D eigenvalue weighted by Gasteiger charge is -2.39. The highest BCUT2D eigenvalue weighted by Gasteiger charge is 2.73. The van der Waals surface area contributed by atoms with Gasteiger partial charge in [0.15, 0.2) is 11.5 Å². The van der Waals surface area contributed by atoms with Gasteiger partial charge in [-0.3, -0.25) is 9.59 Å². The van der Waals surface area contributed by atoms with Crippen LogP contribution in [0.2, 0.25) is 0 Å². The van der Waals surface area contributed by atoms with Crippen molar-refractivity contribution >= 4 is 23.4 Å². The molecule has 128 valence electrons. The van der Waals surface area contributed by atoms with Crippen molar-refractivity contribution in [2.75, 3.05) is 20.3 Å². The second kappa shape index (κ2) is 4.64. The minimum Gasteiger partial charge on any atom is -0.449 e. The van der Waals surface area contributed by atoms with E-state index < -0.39 is 29.4 Å². The summed E-state index contributed by atoms with van der Waals surface area (Å²) in [6.45, 7) is 1.91. The molecule has 0 bridgehead atoms. The van der Waals surface area contributed by atoms with Crippen LogP contribution in [0.3, 0.4) is 0 Å². The summed E-state index contributed by atoms with van der Waals surface area (Å²) in [7, 11) is 1.51. The Labute approximate surface area is 137 Å². The normalized spacial score (nSPS) is 39.8. The quantitative estimate of drug-likeness (QED) is 0.548. The molecule has 0 radical (unpaired) electrons. The van der Waals surface area contributed by atoms with Gasteiger partial charge in [-0.2, -0.15) is 0 Å². The number of piperazine rings is 1. The molecule has 3 aliphatic heterocycles. The molecule has 0 aromatic heterocycles. The number of nitrogens with two attached hydrogens (primary N) is 1. The van der Waals surface area contributed by atoms with Gasteiger partial charge < -0.3 is 30.8 Å². The minimum atomic E-state index is -0.972. The number of hydrogen-bond donors (Lipinski definition) is 3. The van der Waals surface area contributed by atoms with E-state index in [9.17, 15) is 14.4 Å². The number of rotatable bonds is 3. The van der Waals surface area contributed by atoms with Crippen LogP contribution in [0.15, 0.2) is 11.3 Å². The summed E-state index contributed by atoms with van der Waals surface area (Å²) in [6, 6.07) is 0.0920. The minimum absolute atomic E-state index is 0.0698. The summed E-state index contributed by atoms with van der Waals surface area (Å²) in [4.78, 5) is 38.4. The Hall–Kier alpha value is -2.26. The summed E-state index contributed by atoms with van der Waals surface area (Å²) in [5, 5.41) is 11.2. The number of primary amides is 1. The fourth-order valence-electron chi connectivity index (χ4n) is 4.39. The number of fused-ring (bicyclic) bond motifs is 4.